The highest BCUT2D eigenvalue weighted by Gasteiger charge is 2.18. The van der Waals surface area contributed by atoms with E-state index in [0.29, 0.717) is 18.7 Å². The molecule has 0 aliphatic rings. The number of aryl methyl sites for hydroxylation is 3. The van der Waals surface area contributed by atoms with Crippen molar-refractivity contribution in [3.05, 3.63) is 68.2 Å². The van der Waals surface area contributed by atoms with Crippen LogP contribution in [-0.2, 0) is 19.6 Å². The van der Waals surface area contributed by atoms with Crippen LogP contribution in [0.4, 0.5) is 0 Å². The highest BCUT2D eigenvalue weighted by molar-refractivity contribution is 9.10. The van der Waals surface area contributed by atoms with Gasteiger partial charge >= 0.3 is 0 Å². The van der Waals surface area contributed by atoms with Crippen LogP contribution in [0.25, 0.3) is 0 Å². The third kappa shape index (κ3) is 4.29. The van der Waals surface area contributed by atoms with E-state index in [1.165, 1.54) is 0 Å². The van der Waals surface area contributed by atoms with Gasteiger partial charge in [-0.2, -0.15) is 10.2 Å². The molecule has 0 bridgehead atoms. The minimum Gasteiger partial charge on any atom is -0.337 e. The van der Waals surface area contributed by atoms with Crippen molar-refractivity contribution in [2.75, 3.05) is 7.05 Å². The fourth-order valence-corrected chi connectivity index (χ4v) is 3.89. The maximum absolute atomic E-state index is 13.0. The summed E-state index contributed by atoms with van der Waals surface area (Å²) in [4.78, 5) is 14.8. The average Bonchev–Trinajstić information content (AvgIpc) is 3.11. The van der Waals surface area contributed by atoms with E-state index >= 15 is 0 Å². The number of carbonyl (C=O) groups is 1. The highest BCUT2D eigenvalue weighted by Crippen LogP contribution is 2.21. The number of rotatable bonds is 6. The molecule has 0 N–H and O–H groups in total. The van der Waals surface area contributed by atoms with Crippen LogP contribution in [-0.4, -0.2) is 37.4 Å². The van der Waals surface area contributed by atoms with E-state index in [1.54, 1.807) is 4.90 Å². The van der Waals surface area contributed by atoms with Gasteiger partial charge in [-0.05, 0) is 68.2 Å². The van der Waals surface area contributed by atoms with E-state index in [2.05, 4.69) is 40.0 Å². The minimum absolute atomic E-state index is 0.00412. The SMILES string of the molecule is CCn1nc(C)c(CN(C)C(=O)c2cccc(Cn3nc(C)c(Br)c3C)c2)c1C. The fraction of sp³-hybridized carbons (Fsp3) is 0.409. The number of halogens is 1. The van der Waals surface area contributed by atoms with Gasteiger partial charge in [0.15, 0.2) is 0 Å². The van der Waals surface area contributed by atoms with Crippen molar-refractivity contribution >= 4 is 21.8 Å². The van der Waals surface area contributed by atoms with E-state index in [1.807, 2.05) is 61.4 Å². The van der Waals surface area contributed by atoms with Gasteiger partial charge in [0, 0.05) is 37.0 Å². The number of benzene rings is 1. The van der Waals surface area contributed by atoms with Gasteiger partial charge in [-0.3, -0.25) is 14.2 Å². The van der Waals surface area contributed by atoms with Crippen molar-refractivity contribution in [3.63, 3.8) is 0 Å². The number of aromatic nitrogens is 4. The summed E-state index contributed by atoms with van der Waals surface area (Å²) in [5.41, 5.74) is 6.99. The van der Waals surface area contributed by atoms with Gasteiger partial charge in [-0.1, -0.05) is 12.1 Å². The molecule has 29 heavy (non-hydrogen) atoms. The second-order valence-corrected chi connectivity index (χ2v) is 8.26. The minimum atomic E-state index is 0.00412. The molecule has 6 nitrogen and oxygen atoms in total. The van der Waals surface area contributed by atoms with Crippen LogP contribution in [0, 0.1) is 27.7 Å². The van der Waals surface area contributed by atoms with Gasteiger partial charge in [0.1, 0.15) is 0 Å². The summed E-state index contributed by atoms with van der Waals surface area (Å²) in [6.07, 6.45) is 0. The van der Waals surface area contributed by atoms with Crippen LogP contribution in [0.15, 0.2) is 28.7 Å². The lowest BCUT2D eigenvalue weighted by molar-refractivity contribution is 0.0784. The number of hydrogen-bond donors (Lipinski definition) is 0. The molecule has 0 spiro atoms. The van der Waals surface area contributed by atoms with Crippen molar-refractivity contribution in [1.82, 2.24) is 24.5 Å². The highest BCUT2D eigenvalue weighted by atomic mass is 79.9. The van der Waals surface area contributed by atoms with Crippen molar-refractivity contribution in [2.24, 2.45) is 0 Å². The van der Waals surface area contributed by atoms with Crippen LogP contribution >= 0.6 is 15.9 Å². The largest absolute Gasteiger partial charge is 0.337 e. The molecule has 0 fully saturated rings. The fourth-order valence-electron chi connectivity index (χ4n) is 3.60. The number of hydrogen-bond acceptors (Lipinski definition) is 3. The van der Waals surface area contributed by atoms with Gasteiger partial charge in [0.25, 0.3) is 5.91 Å². The van der Waals surface area contributed by atoms with Crippen LogP contribution in [0.1, 0.15) is 51.2 Å². The maximum atomic E-state index is 13.0. The lowest BCUT2D eigenvalue weighted by atomic mass is 10.1. The van der Waals surface area contributed by atoms with Gasteiger partial charge < -0.3 is 4.90 Å². The monoisotopic (exact) mass is 457 g/mol. The summed E-state index contributed by atoms with van der Waals surface area (Å²) in [5.74, 6) is 0.00412. The molecule has 3 rings (SSSR count). The van der Waals surface area contributed by atoms with E-state index in [4.69, 9.17) is 0 Å². The summed E-state index contributed by atoms with van der Waals surface area (Å²) in [5, 5.41) is 9.12. The van der Waals surface area contributed by atoms with Crippen molar-refractivity contribution in [3.8, 4) is 0 Å². The summed E-state index contributed by atoms with van der Waals surface area (Å²) in [6, 6.07) is 7.79. The Kier molecular flexibility index (Phi) is 6.27. The molecule has 0 aliphatic carbocycles. The molecular weight excluding hydrogens is 430 g/mol. The molecule has 0 aliphatic heterocycles. The third-order valence-electron chi connectivity index (χ3n) is 5.37. The number of nitrogens with zero attached hydrogens (tertiary/aromatic N) is 5. The second-order valence-electron chi connectivity index (χ2n) is 7.47. The first-order valence-electron chi connectivity index (χ1n) is 9.79. The quantitative estimate of drug-likeness (QED) is 0.550. The lowest BCUT2D eigenvalue weighted by Crippen LogP contribution is -2.27. The number of carbonyl (C=O) groups excluding carboxylic acids is 1. The Morgan fingerprint density at radius 2 is 1.76 bits per heavy atom. The van der Waals surface area contributed by atoms with Gasteiger partial charge in [-0.15, -0.1) is 0 Å². The predicted octanol–water partition coefficient (Wildman–Crippen LogP) is 4.42. The molecule has 0 radical (unpaired) electrons. The Morgan fingerprint density at radius 3 is 2.34 bits per heavy atom. The Morgan fingerprint density at radius 1 is 1.07 bits per heavy atom. The smallest absolute Gasteiger partial charge is 0.253 e. The van der Waals surface area contributed by atoms with Crippen LogP contribution in [0.2, 0.25) is 0 Å². The first-order valence-corrected chi connectivity index (χ1v) is 10.6. The summed E-state index contributed by atoms with van der Waals surface area (Å²) in [7, 11) is 1.84. The van der Waals surface area contributed by atoms with Crippen LogP contribution in [0.3, 0.4) is 0 Å². The Hall–Kier alpha value is -2.41. The van der Waals surface area contributed by atoms with Crippen LogP contribution in [0.5, 0.6) is 0 Å². The van der Waals surface area contributed by atoms with E-state index in [9.17, 15) is 4.79 Å². The van der Waals surface area contributed by atoms with Gasteiger partial charge in [0.05, 0.1) is 28.1 Å². The number of amides is 1. The average molecular weight is 458 g/mol. The Labute approximate surface area is 180 Å². The topological polar surface area (TPSA) is 56.0 Å². The zero-order valence-electron chi connectivity index (χ0n) is 18.0. The zero-order valence-corrected chi connectivity index (χ0v) is 19.5. The first-order chi connectivity index (χ1) is 13.7. The molecule has 3 aromatic rings. The van der Waals surface area contributed by atoms with E-state index in [0.717, 1.165) is 44.9 Å². The molecule has 2 heterocycles. The van der Waals surface area contributed by atoms with Gasteiger partial charge in [-0.25, -0.2) is 0 Å². The maximum Gasteiger partial charge on any atom is 0.253 e. The molecule has 1 amide bonds. The molecular formula is C22H28BrN5O. The molecule has 154 valence electrons. The van der Waals surface area contributed by atoms with Crippen molar-refractivity contribution in [1.29, 1.82) is 0 Å². The third-order valence-corrected chi connectivity index (χ3v) is 6.52. The Balaban J connectivity index is 1.78. The molecule has 7 heteroatoms. The standard InChI is InChI=1S/C22H28BrN5O/c1-7-27-16(4)20(14(2)24-27)13-26(6)22(29)19-10-8-9-18(11-19)12-28-17(5)21(23)15(3)25-28/h8-11H,7,12-13H2,1-6H3. The lowest BCUT2D eigenvalue weighted by Gasteiger charge is -2.18. The van der Waals surface area contributed by atoms with E-state index < -0.39 is 0 Å². The molecule has 2 aromatic heterocycles. The second kappa shape index (κ2) is 8.53. The van der Waals surface area contributed by atoms with Crippen molar-refractivity contribution < 1.29 is 4.79 Å². The molecule has 0 unspecified atom stereocenters. The predicted molar refractivity (Wildman–Crippen MR) is 118 cm³/mol. The molecule has 0 saturated heterocycles. The van der Waals surface area contributed by atoms with Crippen molar-refractivity contribution in [2.45, 2.75) is 54.3 Å². The molecule has 0 saturated carbocycles. The Bertz CT molecular complexity index is 1050. The summed E-state index contributed by atoms with van der Waals surface area (Å²) >= 11 is 3.57. The normalized spacial score (nSPS) is 11.1. The molecule has 0 atom stereocenters. The first kappa shape index (κ1) is 21.3. The van der Waals surface area contributed by atoms with Gasteiger partial charge in [0.2, 0.25) is 0 Å². The summed E-state index contributed by atoms with van der Waals surface area (Å²) in [6.45, 7) is 12.2. The van der Waals surface area contributed by atoms with E-state index in [-0.39, 0.29) is 5.91 Å². The molecule has 1 aromatic carbocycles. The van der Waals surface area contributed by atoms with Crippen LogP contribution < -0.4 is 0 Å². The summed E-state index contributed by atoms with van der Waals surface area (Å²) < 4.78 is 4.97. The zero-order chi connectivity index (χ0) is 21.3.